The lowest BCUT2D eigenvalue weighted by Gasteiger charge is -2.03. The zero-order chi connectivity index (χ0) is 17.3. The summed E-state index contributed by atoms with van der Waals surface area (Å²) in [5.74, 6) is -4.95. The molecule has 1 aromatic heterocycles. The molecular weight excluding hydrogens is 328 g/mol. The normalized spacial score (nSPS) is 10.7. The van der Waals surface area contributed by atoms with Crippen molar-refractivity contribution >= 4 is 11.6 Å². The molecule has 0 aliphatic heterocycles. The quantitative estimate of drug-likeness (QED) is 0.748. The molecule has 0 aliphatic rings. The van der Waals surface area contributed by atoms with Crippen LogP contribution in [-0.4, -0.2) is 20.7 Å². The van der Waals surface area contributed by atoms with Crippen LogP contribution in [0.25, 0.3) is 5.69 Å². The summed E-state index contributed by atoms with van der Waals surface area (Å²) in [6, 6.07) is 5.54. The molecule has 3 rings (SSSR count). The molecule has 0 atom stereocenters. The van der Waals surface area contributed by atoms with Crippen molar-refractivity contribution in [2.24, 2.45) is 0 Å². The highest BCUT2D eigenvalue weighted by molar-refractivity contribution is 6.01. The van der Waals surface area contributed by atoms with Crippen LogP contribution in [0.3, 0.4) is 0 Å². The van der Waals surface area contributed by atoms with Crippen LogP contribution in [0.1, 0.15) is 10.6 Å². The van der Waals surface area contributed by atoms with Gasteiger partial charge in [-0.1, -0.05) is 0 Å². The van der Waals surface area contributed by atoms with Gasteiger partial charge in [0, 0.05) is 17.8 Å². The molecule has 2 aromatic carbocycles. The molecule has 0 saturated carbocycles. The number of hydrogen-bond donors (Lipinski definition) is 1. The monoisotopic (exact) mass is 336 g/mol. The Morgan fingerprint density at radius 2 is 1.67 bits per heavy atom. The summed E-state index contributed by atoms with van der Waals surface area (Å²) in [5.41, 5.74) is 0.0407. The second-order valence-corrected chi connectivity index (χ2v) is 4.72. The molecule has 24 heavy (non-hydrogen) atoms. The summed E-state index contributed by atoms with van der Waals surface area (Å²) in [4.78, 5) is 15.7. The standard InChI is InChI=1S/C15H8F4N4O/c16-8-3-9(17)5-10(4-8)21-15(24)14-20-7-23(22-14)11-1-2-12(18)13(19)6-11/h1-7H,(H,21,24). The first-order chi connectivity index (χ1) is 11.4. The van der Waals surface area contributed by atoms with Gasteiger partial charge >= 0.3 is 0 Å². The average molecular weight is 336 g/mol. The summed E-state index contributed by atoms with van der Waals surface area (Å²) >= 11 is 0. The summed E-state index contributed by atoms with van der Waals surface area (Å²) in [6.07, 6.45) is 1.12. The fourth-order valence-electron chi connectivity index (χ4n) is 1.93. The van der Waals surface area contributed by atoms with Crippen LogP contribution in [0.15, 0.2) is 42.7 Å². The van der Waals surface area contributed by atoms with Gasteiger partial charge in [0.25, 0.3) is 5.91 Å². The minimum atomic E-state index is -1.08. The first kappa shape index (κ1) is 15.7. The largest absolute Gasteiger partial charge is 0.319 e. The molecule has 0 spiro atoms. The molecule has 0 fully saturated rings. The van der Waals surface area contributed by atoms with Crippen molar-refractivity contribution in [2.45, 2.75) is 0 Å². The van der Waals surface area contributed by atoms with Gasteiger partial charge in [-0.25, -0.2) is 27.2 Å². The molecule has 0 unspecified atom stereocenters. The van der Waals surface area contributed by atoms with Crippen molar-refractivity contribution in [3.8, 4) is 5.69 Å². The number of aromatic nitrogens is 3. The molecule has 0 bridgehead atoms. The first-order valence-electron chi connectivity index (χ1n) is 6.57. The molecular formula is C15H8F4N4O. The van der Waals surface area contributed by atoms with Crippen molar-refractivity contribution in [3.05, 3.63) is 71.8 Å². The van der Waals surface area contributed by atoms with Gasteiger partial charge in [0.05, 0.1) is 5.69 Å². The van der Waals surface area contributed by atoms with Gasteiger partial charge in [-0.2, -0.15) is 0 Å². The number of nitrogens with one attached hydrogen (secondary N) is 1. The minimum Gasteiger partial charge on any atom is -0.319 e. The van der Waals surface area contributed by atoms with Crippen molar-refractivity contribution in [3.63, 3.8) is 0 Å². The van der Waals surface area contributed by atoms with Gasteiger partial charge in [0.1, 0.15) is 18.0 Å². The van der Waals surface area contributed by atoms with Gasteiger partial charge in [-0.3, -0.25) is 4.79 Å². The number of carbonyl (C=O) groups excluding carboxylic acids is 1. The van der Waals surface area contributed by atoms with Crippen LogP contribution in [0.5, 0.6) is 0 Å². The van der Waals surface area contributed by atoms with Gasteiger partial charge in [0.15, 0.2) is 11.6 Å². The van der Waals surface area contributed by atoms with E-state index in [2.05, 4.69) is 15.4 Å². The third-order valence-corrected chi connectivity index (χ3v) is 2.98. The Labute approximate surface area is 132 Å². The van der Waals surface area contributed by atoms with E-state index in [9.17, 15) is 22.4 Å². The molecule has 0 saturated heterocycles. The van der Waals surface area contributed by atoms with Crippen molar-refractivity contribution in [1.29, 1.82) is 0 Å². The number of hydrogen-bond acceptors (Lipinski definition) is 3. The van der Waals surface area contributed by atoms with E-state index in [0.717, 1.165) is 35.3 Å². The number of halogens is 4. The molecule has 9 heteroatoms. The highest BCUT2D eigenvalue weighted by Gasteiger charge is 2.14. The molecule has 1 N–H and O–H groups in total. The number of nitrogens with zero attached hydrogens (tertiary/aromatic N) is 3. The summed E-state index contributed by atoms with van der Waals surface area (Å²) in [5, 5.41) is 6.04. The van der Waals surface area contributed by atoms with E-state index in [1.807, 2.05) is 0 Å². The van der Waals surface area contributed by atoms with E-state index in [-0.39, 0.29) is 17.2 Å². The van der Waals surface area contributed by atoms with E-state index >= 15 is 0 Å². The van der Waals surface area contributed by atoms with Gasteiger partial charge < -0.3 is 5.32 Å². The Morgan fingerprint density at radius 1 is 0.958 bits per heavy atom. The lowest BCUT2D eigenvalue weighted by molar-refractivity contribution is 0.101. The summed E-state index contributed by atoms with van der Waals surface area (Å²) in [7, 11) is 0. The zero-order valence-electron chi connectivity index (χ0n) is 11.8. The number of anilines is 1. The fraction of sp³-hybridized carbons (Fsp3) is 0. The smallest absolute Gasteiger partial charge is 0.295 e. The maximum absolute atomic E-state index is 13.2. The molecule has 0 radical (unpaired) electrons. The Bertz CT molecular complexity index is 905. The number of benzene rings is 2. The molecule has 1 heterocycles. The molecule has 3 aromatic rings. The maximum Gasteiger partial charge on any atom is 0.295 e. The fourth-order valence-corrected chi connectivity index (χ4v) is 1.93. The summed E-state index contributed by atoms with van der Waals surface area (Å²) in [6.45, 7) is 0. The van der Waals surface area contributed by atoms with E-state index in [0.29, 0.717) is 6.07 Å². The third-order valence-electron chi connectivity index (χ3n) is 2.98. The van der Waals surface area contributed by atoms with Crippen molar-refractivity contribution < 1.29 is 22.4 Å². The lowest BCUT2D eigenvalue weighted by atomic mass is 10.3. The van der Waals surface area contributed by atoms with Crippen LogP contribution in [0, 0.1) is 23.3 Å². The second kappa shape index (κ2) is 6.11. The van der Waals surface area contributed by atoms with E-state index < -0.39 is 29.2 Å². The molecule has 122 valence electrons. The molecule has 0 aliphatic carbocycles. The Morgan fingerprint density at radius 3 is 2.33 bits per heavy atom. The van der Waals surface area contributed by atoms with Crippen molar-refractivity contribution in [1.82, 2.24) is 14.8 Å². The molecule has 5 nitrogen and oxygen atoms in total. The Balaban J connectivity index is 1.81. The minimum absolute atomic E-state index is 0.110. The lowest BCUT2D eigenvalue weighted by Crippen LogP contribution is -2.14. The van der Waals surface area contributed by atoms with Gasteiger partial charge in [0.2, 0.25) is 5.82 Å². The van der Waals surface area contributed by atoms with E-state index in [4.69, 9.17) is 0 Å². The zero-order valence-corrected chi connectivity index (χ0v) is 11.8. The Hall–Kier alpha value is -3.23. The maximum atomic E-state index is 13.2. The predicted molar refractivity (Wildman–Crippen MR) is 75.6 cm³/mol. The molecule has 1 amide bonds. The van der Waals surface area contributed by atoms with Gasteiger partial charge in [-0.05, 0) is 24.3 Å². The van der Waals surface area contributed by atoms with Crippen LogP contribution < -0.4 is 5.32 Å². The number of amides is 1. The highest BCUT2D eigenvalue weighted by atomic mass is 19.2. The highest BCUT2D eigenvalue weighted by Crippen LogP contribution is 2.15. The second-order valence-electron chi connectivity index (χ2n) is 4.72. The number of rotatable bonds is 3. The summed E-state index contributed by atoms with van der Waals surface area (Å²) < 4.78 is 53.3. The predicted octanol–water partition coefficient (Wildman–Crippen LogP) is 3.08. The van der Waals surface area contributed by atoms with Gasteiger partial charge in [-0.15, -0.1) is 5.10 Å². The van der Waals surface area contributed by atoms with E-state index in [1.165, 1.54) is 6.07 Å². The van der Waals surface area contributed by atoms with Crippen molar-refractivity contribution in [2.75, 3.05) is 5.32 Å². The van der Waals surface area contributed by atoms with Crippen LogP contribution in [0.2, 0.25) is 0 Å². The number of carbonyl (C=O) groups is 1. The SMILES string of the molecule is O=C(Nc1cc(F)cc(F)c1)c1ncn(-c2ccc(F)c(F)c2)n1. The topological polar surface area (TPSA) is 59.8 Å². The first-order valence-corrected chi connectivity index (χ1v) is 6.57. The van der Waals surface area contributed by atoms with E-state index in [1.54, 1.807) is 0 Å². The van der Waals surface area contributed by atoms with Crippen LogP contribution in [0.4, 0.5) is 23.2 Å². The van der Waals surface area contributed by atoms with Crippen LogP contribution >= 0.6 is 0 Å². The Kier molecular flexibility index (Phi) is 3.98. The average Bonchev–Trinajstić information content (AvgIpc) is 2.99. The van der Waals surface area contributed by atoms with Crippen LogP contribution in [-0.2, 0) is 0 Å². The third kappa shape index (κ3) is 3.24.